The van der Waals surface area contributed by atoms with Crippen molar-refractivity contribution in [3.05, 3.63) is 29.8 Å². The summed E-state index contributed by atoms with van der Waals surface area (Å²) in [5, 5.41) is 13.4. The summed E-state index contributed by atoms with van der Waals surface area (Å²) >= 11 is 7.27. The number of ketones is 1. The molecule has 6 aliphatic heterocycles. The van der Waals surface area contributed by atoms with Crippen molar-refractivity contribution in [2.75, 3.05) is 79.1 Å². The number of carbonyl (C=O) groups is 2. The molecule has 82 heavy (non-hydrogen) atoms. The average molecular weight is 1240 g/mol. The molecule has 0 radical (unpaired) electrons. The maximum atomic E-state index is 12.1. The third kappa shape index (κ3) is 41.8. The predicted molar refractivity (Wildman–Crippen MR) is 357 cm³/mol. The monoisotopic (exact) mass is 1240 g/mol. The Morgan fingerprint density at radius 1 is 0.793 bits per heavy atom. The van der Waals surface area contributed by atoms with Gasteiger partial charge in [0.15, 0.2) is 6.29 Å². The number of ether oxygens (including phenoxy) is 3. The number of nitrogens with zero attached hydrogens (tertiary/aromatic N) is 2. The molecule has 0 aromatic heterocycles. The van der Waals surface area contributed by atoms with Gasteiger partial charge in [-0.15, -0.1) is 11.6 Å². The van der Waals surface area contributed by atoms with Gasteiger partial charge in [0, 0.05) is 100 Å². The van der Waals surface area contributed by atoms with Crippen molar-refractivity contribution in [1.29, 1.82) is 0 Å². The SMILES string of the molecule is C=S1(=O)CC1C(C)C.CB(O)CC(C)C.CC(C)C(=O)CCl.CC(C)C1CN1.CC(C)C1CN1C.CC(C)C1COC1=O.CC(C)C1CS1.COB(CC(C)C)OC.COC(OC)C(C)C.Cc1ccc(S(=O)(=O)N2CC2C(C)C)cc1. The molecule has 0 spiro atoms. The lowest BCUT2D eigenvalue weighted by atomic mass is 9.65. The van der Waals surface area contributed by atoms with Gasteiger partial charge in [-0.1, -0.05) is 169 Å². The summed E-state index contributed by atoms with van der Waals surface area (Å²) in [5.41, 5.74) is 1.07. The van der Waals surface area contributed by atoms with Crippen molar-refractivity contribution in [2.45, 2.75) is 205 Å². The van der Waals surface area contributed by atoms with Crippen molar-refractivity contribution in [1.82, 2.24) is 14.5 Å². The second kappa shape index (κ2) is 44.3. The summed E-state index contributed by atoms with van der Waals surface area (Å²) in [6.07, 6.45) is 1.84. The van der Waals surface area contributed by atoms with Crippen LogP contribution in [0.4, 0.5) is 0 Å². The van der Waals surface area contributed by atoms with Gasteiger partial charge in [0.05, 0.1) is 16.7 Å². The van der Waals surface area contributed by atoms with Crippen LogP contribution in [0.1, 0.15) is 144 Å². The highest BCUT2D eigenvalue weighted by Gasteiger charge is 2.46. The van der Waals surface area contributed by atoms with Crippen molar-refractivity contribution in [3.8, 4) is 0 Å². The van der Waals surface area contributed by atoms with E-state index in [1.165, 1.54) is 18.8 Å². The van der Waals surface area contributed by atoms with E-state index in [4.69, 9.17) is 35.4 Å². The van der Waals surface area contributed by atoms with Gasteiger partial charge in [-0.2, -0.15) is 16.1 Å². The molecule has 6 aliphatic rings. The molecule has 20 heteroatoms. The molecule has 7 rings (SSSR count). The van der Waals surface area contributed by atoms with E-state index in [1.807, 2.05) is 53.6 Å². The Morgan fingerprint density at radius 3 is 1.34 bits per heavy atom. The second-order valence-corrected chi connectivity index (χ2v) is 32.1. The number of esters is 1. The Morgan fingerprint density at radius 2 is 1.24 bits per heavy atom. The smallest absolute Gasteiger partial charge is 0.456 e. The number of carbonyl (C=O) groups excluding carboxylic acids is 2. The van der Waals surface area contributed by atoms with Gasteiger partial charge in [-0.05, 0) is 95.6 Å². The number of likely N-dealkylation sites (N-methyl/N-ethyl adjacent to an activating group) is 1. The maximum absolute atomic E-state index is 12.1. The van der Waals surface area contributed by atoms with Gasteiger partial charge >= 0.3 is 13.1 Å². The fourth-order valence-electron chi connectivity index (χ4n) is 7.54. The third-order valence-electron chi connectivity index (χ3n) is 14.0. The van der Waals surface area contributed by atoms with E-state index in [0.29, 0.717) is 58.8 Å². The first kappa shape index (κ1) is 85.0. The number of methoxy groups -OCH3 is 2. The molecule has 6 fully saturated rings. The molecule has 1 aromatic rings. The lowest BCUT2D eigenvalue weighted by molar-refractivity contribution is -0.171. The van der Waals surface area contributed by atoms with E-state index in [-0.39, 0.29) is 55.8 Å². The largest absolute Gasteiger partial charge is 0.464 e. The predicted octanol–water partition coefficient (Wildman–Crippen LogP) is 12.3. The first-order valence-corrected chi connectivity index (χ1v) is 35.2. The summed E-state index contributed by atoms with van der Waals surface area (Å²) < 4.78 is 61.2. The fourth-order valence-corrected chi connectivity index (χ4v) is 12.7. The van der Waals surface area contributed by atoms with E-state index in [1.54, 1.807) is 44.9 Å². The van der Waals surface area contributed by atoms with Gasteiger partial charge in [-0.3, -0.25) is 13.8 Å². The number of alkyl halides is 1. The molecule has 484 valence electrons. The van der Waals surface area contributed by atoms with Crippen LogP contribution in [0, 0.1) is 72.0 Å². The van der Waals surface area contributed by atoms with Gasteiger partial charge in [0.1, 0.15) is 12.4 Å². The molecule has 6 saturated heterocycles. The molecule has 9 atom stereocenters. The zero-order chi connectivity index (χ0) is 64.6. The second-order valence-electron chi connectivity index (χ2n) is 26.0. The molecule has 0 aliphatic carbocycles. The molecule has 0 amide bonds. The number of Topliss-reactive ketones (excluding diaryl/α,β-unsaturated/α-hetero) is 1. The van der Waals surface area contributed by atoms with Crippen LogP contribution in [0.3, 0.4) is 0 Å². The minimum atomic E-state index is -3.24. The molecule has 0 bridgehead atoms. The molecule has 1 aromatic carbocycles. The molecule has 14 nitrogen and oxygen atoms in total. The van der Waals surface area contributed by atoms with E-state index in [9.17, 15) is 22.2 Å². The Balaban J connectivity index is -0.000000860. The first-order valence-electron chi connectivity index (χ1n) is 30.3. The fraction of sp³-hybridized carbons (Fsp3) is 0.855. The summed E-state index contributed by atoms with van der Waals surface area (Å²) in [5.74, 6) is 12.2. The number of halogens is 1. The summed E-state index contributed by atoms with van der Waals surface area (Å²) in [4.78, 5) is 23.6. The van der Waals surface area contributed by atoms with Gasteiger partial charge in [0.25, 0.3) is 6.92 Å². The minimum absolute atomic E-state index is 0.0231. The number of benzene rings is 1. The maximum Gasteiger partial charge on any atom is 0.456 e. The molecule has 0 saturated carbocycles. The Labute approximate surface area is 515 Å². The molecule has 6 heterocycles. The average Bonchev–Trinajstić information content (AvgIpc) is 4.14. The number of nitrogens with one attached hydrogen (secondary N) is 1. The lowest BCUT2D eigenvalue weighted by Crippen LogP contribution is -2.38. The van der Waals surface area contributed by atoms with Crippen LogP contribution in [0.5, 0.6) is 0 Å². The van der Waals surface area contributed by atoms with E-state index >= 15 is 0 Å². The van der Waals surface area contributed by atoms with Crippen molar-refractivity contribution < 1.29 is 50.8 Å². The van der Waals surface area contributed by atoms with Gasteiger partial charge in [0.2, 0.25) is 10.0 Å². The van der Waals surface area contributed by atoms with E-state index in [0.717, 1.165) is 59.0 Å². The summed E-state index contributed by atoms with van der Waals surface area (Å²) in [6, 6.07) is 8.97. The number of sulfonamides is 1. The quantitative estimate of drug-likeness (QED) is 0.0334. The number of hydrogen-bond acceptors (Lipinski definition) is 14. The zero-order valence-electron chi connectivity index (χ0n) is 56.9. The van der Waals surface area contributed by atoms with Crippen LogP contribution in [0.2, 0.25) is 19.5 Å². The summed E-state index contributed by atoms with van der Waals surface area (Å²) in [6.45, 7) is 49.7. The number of rotatable bonds is 19. The van der Waals surface area contributed by atoms with Crippen LogP contribution < -0.4 is 5.32 Å². The third-order valence-corrected chi connectivity index (χ3v) is 19.7. The molecule has 2 N–H and O–H groups in total. The number of thioether (sulfide) groups is 1. The van der Waals surface area contributed by atoms with Gasteiger partial charge < -0.3 is 38.8 Å². The van der Waals surface area contributed by atoms with Crippen LogP contribution in [0.25, 0.3) is 0 Å². The number of hydrogen-bond donors (Lipinski definition) is 2. The van der Waals surface area contributed by atoms with Crippen LogP contribution >= 0.6 is 23.4 Å². The van der Waals surface area contributed by atoms with Crippen molar-refractivity contribution >= 4 is 74.6 Å². The van der Waals surface area contributed by atoms with Gasteiger partial charge in [-0.25, -0.2) is 8.42 Å². The highest BCUT2D eigenvalue weighted by molar-refractivity contribution is 8.07. The standard InChI is InChI=1S/C12H17NO2S.C6H15BO2.C6H13N.C6H10O2.C6H14O2.C6H12OS.C5H13BO.C5H9ClO.C5H11N.C5H10S/c1-9(2)12-8-13(12)16(14,15)11-6-4-10(3)5-7-11;1-6(2)5-7(8-3)9-4;1-5(2)6-4-7(6)3;1-4(2)5-3-8-6(5)7;1-5(2)6(7-3)8-4;1-5(2)6-4-8(6,3)7;1-5(2)4-6(3)7;1-4(2)5(7)3-6;2*1-4(2)5-3-6-5/h4-7,9,12H,8H2,1-3H3;6H,5H2,1-4H3;5-6H,4H2,1-3H3;4-5H,3H2,1-2H3;5-6H,1-4H3;5-6H,3-4H2,1-2H3;5,7H,4H2,1-3H3;4H,3H2,1-2H3;4-6H,3H2,1-2H3;4-5H,3H2,1-2H3. The topological polar surface area (TPSA) is 180 Å². The molecular formula is C62H124B2ClN3O11S3. The van der Waals surface area contributed by atoms with Crippen LogP contribution in [0.15, 0.2) is 29.2 Å². The Bertz CT molecular complexity index is 1990. The zero-order valence-corrected chi connectivity index (χ0v) is 60.1. The number of aryl methyl sites for hydroxylation is 1. The van der Waals surface area contributed by atoms with Crippen molar-refractivity contribution in [2.24, 2.45) is 65.1 Å². The minimum Gasteiger partial charge on any atom is -0.464 e. The van der Waals surface area contributed by atoms with E-state index in [2.05, 4.69) is 150 Å². The lowest BCUT2D eigenvalue weighted by Gasteiger charge is -2.27. The van der Waals surface area contributed by atoms with Crippen molar-refractivity contribution in [3.63, 3.8) is 0 Å². The summed E-state index contributed by atoms with van der Waals surface area (Å²) in [7, 11) is 3.97. The highest BCUT2D eigenvalue weighted by atomic mass is 35.5. The highest BCUT2D eigenvalue weighted by Crippen LogP contribution is 2.36. The Kier molecular flexibility index (Phi) is 45.9. The normalized spacial score (nSPS) is 23.8. The Hall–Kier alpha value is -1.22. The number of cyclic esters (lactones) is 1. The van der Waals surface area contributed by atoms with Crippen LogP contribution in [-0.4, -0.2) is 173 Å². The molecular weight excluding hydrogens is 1120 g/mol. The van der Waals surface area contributed by atoms with Crippen LogP contribution in [-0.2, 0) is 52.7 Å². The molecule has 9 unspecified atom stereocenters. The first-order chi connectivity index (χ1) is 37.7. The van der Waals surface area contributed by atoms with E-state index < -0.39 is 19.5 Å².